The van der Waals surface area contributed by atoms with Crippen LogP contribution in [0.4, 0.5) is 0 Å². The molecule has 1 N–H and O–H groups in total. The molecule has 13 heavy (non-hydrogen) atoms. The van der Waals surface area contributed by atoms with Gasteiger partial charge in [0.05, 0.1) is 0 Å². The summed E-state index contributed by atoms with van der Waals surface area (Å²) in [6, 6.07) is 1.45. The molecule has 0 aromatic rings. The summed E-state index contributed by atoms with van der Waals surface area (Å²) in [7, 11) is 0. The lowest BCUT2D eigenvalue weighted by molar-refractivity contribution is 0.138. The van der Waals surface area contributed by atoms with Gasteiger partial charge in [0, 0.05) is 18.6 Å². The van der Waals surface area contributed by atoms with E-state index in [0.29, 0.717) is 6.04 Å². The van der Waals surface area contributed by atoms with Gasteiger partial charge in [-0.25, -0.2) is 0 Å². The molecule has 0 bridgehead atoms. The molecule has 2 nitrogen and oxygen atoms in total. The fraction of sp³-hybridized carbons (Fsp3) is 1.00. The van der Waals surface area contributed by atoms with Gasteiger partial charge in [0.2, 0.25) is 0 Å². The second-order valence-electron chi connectivity index (χ2n) is 4.53. The van der Waals surface area contributed by atoms with Crippen molar-refractivity contribution >= 4 is 0 Å². The topological polar surface area (TPSA) is 15.3 Å². The van der Waals surface area contributed by atoms with E-state index in [1.165, 1.54) is 26.1 Å². The Kier molecular flexibility index (Phi) is 4.20. The van der Waals surface area contributed by atoms with Crippen LogP contribution in [-0.2, 0) is 0 Å². The van der Waals surface area contributed by atoms with E-state index in [0.717, 1.165) is 12.0 Å². The van der Waals surface area contributed by atoms with E-state index in [1.54, 1.807) is 0 Å². The van der Waals surface area contributed by atoms with Crippen LogP contribution in [0.25, 0.3) is 0 Å². The van der Waals surface area contributed by atoms with Crippen LogP contribution in [-0.4, -0.2) is 36.6 Å². The molecule has 1 rings (SSSR count). The lowest BCUT2D eigenvalue weighted by atomic mass is 10.0. The molecular weight excluding hydrogens is 160 g/mol. The van der Waals surface area contributed by atoms with Crippen molar-refractivity contribution in [2.24, 2.45) is 5.92 Å². The Hall–Kier alpha value is -0.0800. The molecule has 0 saturated carbocycles. The van der Waals surface area contributed by atoms with Crippen molar-refractivity contribution in [2.75, 3.05) is 19.6 Å². The van der Waals surface area contributed by atoms with Crippen molar-refractivity contribution in [3.63, 3.8) is 0 Å². The van der Waals surface area contributed by atoms with Gasteiger partial charge in [-0.3, -0.25) is 4.90 Å². The third kappa shape index (κ3) is 2.68. The van der Waals surface area contributed by atoms with Gasteiger partial charge in [0.15, 0.2) is 0 Å². The molecule has 0 aromatic heterocycles. The predicted octanol–water partition coefficient (Wildman–Crippen LogP) is 1.71. The summed E-state index contributed by atoms with van der Waals surface area (Å²) in [4.78, 5) is 2.64. The Labute approximate surface area is 82.7 Å². The molecule has 2 unspecified atom stereocenters. The third-order valence-electron chi connectivity index (χ3n) is 3.05. The maximum Gasteiger partial charge on any atom is 0.0261 e. The van der Waals surface area contributed by atoms with Gasteiger partial charge >= 0.3 is 0 Å². The monoisotopic (exact) mass is 184 g/mol. The first-order valence-electron chi connectivity index (χ1n) is 5.63. The summed E-state index contributed by atoms with van der Waals surface area (Å²) >= 11 is 0. The molecule has 0 aromatic carbocycles. The average Bonchev–Trinajstić information content (AvgIpc) is 2.47. The molecule has 0 spiro atoms. The van der Waals surface area contributed by atoms with Crippen LogP contribution in [0.5, 0.6) is 0 Å². The fourth-order valence-electron chi connectivity index (χ4n) is 2.31. The molecule has 1 fully saturated rings. The Bertz CT molecular complexity index is 145. The molecule has 0 amide bonds. The summed E-state index contributed by atoms with van der Waals surface area (Å²) in [5.74, 6) is 0.814. The molecule has 1 saturated heterocycles. The van der Waals surface area contributed by atoms with Crippen molar-refractivity contribution in [2.45, 2.75) is 46.2 Å². The number of rotatable bonds is 4. The Balaban J connectivity index is 2.52. The fourth-order valence-corrected chi connectivity index (χ4v) is 2.31. The molecule has 0 radical (unpaired) electrons. The van der Waals surface area contributed by atoms with Gasteiger partial charge in [-0.2, -0.15) is 0 Å². The van der Waals surface area contributed by atoms with Crippen LogP contribution >= 0.6 is 0 Å². The van der Waals surface area contributed by atoms with E-state index in [9.17, 15) is 0 Å². The zero-order valence-corrected chi connectivity index (χ0v) is 9.51. The van der Waals surface area contributed by atoms with Crippen molar-refractivity contribution in [3.8, 4) is 0 Å². The van der Waals surface area contributed by atoms with Crippen LogP contribution in [0, 0.1) is 5.92 Å². The summed E-state index contributed by atoms with van der Waals surface area (Å²) in [5.41, 5.74) is 0. The highest BCUT2D eigenvalue weighted by Crippen LogP contribution is 2.17. The number of hydrogen-bond donors (Lipinski definition) is 1. The van der Waals surface area contributed by atoms with E-state index in [-0.39, 0.29) is 0 Å². The Morgan fingerprint density at radius 1 is 1.38 bits per heavy atom. The van der Waals surface area contributed by atoms with Crippen molar-refractivity contribution in [3.05, 3.63) is 0 Å². The quantitative estimate of drug-likeness (QED) is 0.715. The number of hydrogen-bond acceptors (Lipinski definition) is 2. The Morgan fingerprint density at radius 3 is 2.46 bits per heavy atom. The zero-order valence-electron chi connectivity index (χ0n) is 9.51. The minimum absolute atomic E-state index is 0.687. The molecule has 2 heteroatoms. The molecule has 1 heterocycles. The van der Waals surface area contributed by atoms with Crippen LogP contribution in [0.15, 0.2) is 0 Å². The lowest BCUT2D eigenvalue weighted by Gasteiger charge is -2.34. The van der Waals surface area contributed by atoms with Crippen molar-refractivity contribution < 1.29 is 0 Å². The lowest BCUT2D eigenvalue weighted by Crippen LogP contribution is -2.44. The Morgan fingerprint density at radius 2 is 2.08 bits per heavy atom. The van der Waals surface area contributed by atoms with E-state index in [2.05, 4.69) is 37.9 Å². The minimum atomic E-state index is 0.687. The SMILES string of the molecule is CCCN(C(C)C)C1CNCC1C. The molecule has 1 aliphatic rings. The van der Waals surface area contributed by atoms with E-state index >= 15 is 0 Å². The second-order valence-corrected chi connectivity index (χ2v) is 4.53. The molecule has 2 atom stereocenters. The summed E-state index contributed by atoms with van der Waals surface area (Å²) in [6.45, 7) is 12.9. The minimum Gasteiger partial charge on any atom is -0.315 e. The van der Waals surface area contributed by atoms with Gasteiger partial charge in [0.25, 0.3) is 0 Å². The first-order chi connectivity index (χ1) is 6.16. The first kappa shape index (κ1) is 11.0. The largest absolute Gasteiger partial charge is 0.315 e. The first-order valence-corrected chi connectivity index (χ1v) is 5.63. The van der Waals surface area contributed by atoms with Gasteiger partial charge in [-0.05, 0) is 39.3 Å². The van der Waals surface area contributed by atoms with Gasteiger partial charge in [-0.1, -0.05) is 13.8 Å². The highest BCUT2D eigenvalue weighted by atomic mass is 15.2. The third-order valence-corrected chi connectivity index (χ3v) is 3.05. The van der Waals surface area contributed by atoms with E-state index in [1.807, 2.05) is 0 Å². The van der Waals surface area contributed by atoms with Crippen molar-refractivity contribution in [1.82, 2.24) is 10.2 Å². The molecule has 78 valence electrons. The molecular formula is C11H24N2. The predicted molar refractivity (Wildman–Crippen MR) is 58.0 cm³/mol. The van der Waals surface area contributed by atoms with Crippen LogP contribution in [0.1, 0.15) is 34.1 Å². The summed E-state index contributed by atoms with van der Waals surface area (Å²) in [5, 5.41) is 3.47. The average molecular weight is 184 g/mol. The highest BCUT2D eigenvalue weighted by molar-refractivity contribution is 4.87. The smallest absolute Gasteiger partial charge is 0.0261 e. The van der Waals surface area contributed by atoms with Gasteiger partial charge < -0.3 is 5.32 Å². The van der Waals surface area contributed by atoms with E-state index < -0.39 is 0 Å². The summed E-state index contributed by atoms with van der Waals surface area (Å²) in [6.07, 6.45) is 1.27. The number of nitrogens with zero attached hydrogens (tertiary/aromatic N) is 1. The normalized spacial score (nSPS) is 29.1. The van der Waals surface area contributed by atoms with Crippen LogP contribution < -0.4 is 5.32 Å². The van der Waals surface area contributed by atoms with Gasteiger partial charge in [-0.15, -0.1) is 0 Å². The van der Waals surface area contributed by atoms with Crippen LogP contribution in [0.3, 0.4) is 0 Å². The molecule has 0 aliphatic carbocycles. The zero-order chi connectivity index (χ0) is 9.84. The maximum atomic E-state index is 3.47. The number of nitrogens with one attached hydrogen (secondary N) is 1. The second kappa shape index (κ2) is 4.97. The van der Waals surface area contributed by atoms with Crippen molar-refractivity contribution in [1.29, 1.82) is 0 Å². The highest BCUT2D eigenvalue weighted by Gasteiger charge is 2.29. The summed E-state index contributed by atoms with van der Waals surface area (Å²) < 4.78 is 0. The van der Waals surface area contributed by atoms with Crippen LogP contribution in [0.2, 0.25) is 0 Å². The standard InChI is InChI=1S/C11H24N2/c1-5-6-13(9(2)3)11-8-12-7-10(11)4/h9-12H,5-8H2,1-4H3. The maximum absolute atomic E-state index is 3.47. The molecule has 1 aliphatic heterocycles. The van der Waals surface area contributed by atoms with E-state index in [4.69, 9.17) is 0 Å². The van der Waals surface area contributed by atoms with Gasteiger partial charge in [0.1, 0.15) is 0 Å².